The number of aliphatic carboxylic acids is 1. The first kappa shape index (κ1) is 13.9. The van der Waals surface area contributed by atoms with Crippen LogP contribution < -0.4 is 5.32 Å². The molecule has 1 aromatic heterocycles. The zero-order valence-corrected chi connectivity index (χ0v) is 11.0. The van der Waals surface area contributed by atoms with Crippen molar-refractivity contribution in [2.24, 2.45) is 0 Å². The van der Waals surface area contributed by atoms with E-state index in [0.29, 0.717) is 5.69 Å². The highest BCUT2D eigenvalue weighted by Crippen LogP contribution is 2.21. The van der Waals surface area contributed by atoms with Gasteiger partial charge in [-0.15, -0.1) is 0 Å². The van der Waals surface area contributed by atoms with E-state index in [1.807, 2.05) is 19.1 Å². The number of carboxylic acids is 1. The third kappa shape index (κ3) is 3.47. The zero-order chi connectivity index (χ0) is 14.5. The third-order valence-corrected chi connectivity index (χ3v) is 2.96. The van der Waals surface area contributed by atoms with E-state index < -0.39 is 5.97 Å². The van der Waals surface area contributed by atoms with E-state index in [-0.39, 0.29) is 24.0 Å². The van der Waals surface area contributed by atoms with Crippen molar-refractivity contribution in [1.82, 2.24) is 0 Å². The van der Waals surface area contributed by atoms with Crippen molar-refractivity contribution in [3.63, 3.8) is 0 Å². The van der Waals surface area contributed by atoms with Crippen molar-refractivity contribution in [2.75, 3.05) is 5.32 Å². The highest BCUT2D eigenvalue weighted by Gasteiger charge is 2.11. The lowest BCUT2D eigenvalue weighted by molar-refractivity contribution is -0.137. The molecule has 0 saturated heterocycles. The Labute approximate surface area is 116 Å². The summed E-state index contributed by atoms with van der Waals surface area (Å²) in [5.74, 6) is -0.968. The summed E-state index contributed by atoms with van der Waals surface area (Å²) >= 11 is 0. The van der Waals surface area contributed by atoms with E-state index in [9.17, 15) is 9.59 Å². The molecular formula is C15H15NO4. The fraction of sp³-hybridized carbons (Fsp3) is 0.200. The highest BCUT2D eigenvalue weighted by molar-refractivity contribution is 6.02. The third-order valence-electron chi connectivity index (χ3n) is 2.96. The number of furan rings is 1. The van der Waals surface area contributed by atoms with E-state index in [4.69, 9.17) is 9.52 Å². The van der Waals surface area contributed by atoms with Crippen molar-refractivity contribution in [3.8, 4) is 0 Å². The van der Waals surface area contributed by atoms with Gasteiger partial charge in [-0.25, -0.2) is 0 Å². The number of hydrogen-bond acceptors (Lipinski definition) is 3. The predicted molar refractivity (Wildman–Crippen MR) is 73.8 cm³/mol. The van der Waals surface area contributed by atoms with Crippen molar-refractivity contribution in [2.45, 2.75) is 19.3 Å². The number of anilines is 1. The minimum atomic E-state index is -0.826. The lowest BCUT2D eigenvalue weighted by Gasteiger charge is -2.10. The molecule has 0 spiro atoms. The Morgan fingerprint density at radius 3 is 2.50 bits per heavy atom. The van der Waals surface area contributed by atoms with Gasteiger partial charge in [0, 0.05) is 5.69 Å². The first-order valence-electron chi connectivity index (χ1n) is 6.23. The standard InChI is InChI=1S/C15H15NO4/c1-10(9-14(17)18)11-4-6-12(7-5-11)16-15(19)13-3-2-8-20-13/h2-8,10H,9H2,1H3,(H,16,19)(H,17,18). The Morgan fingerprint density at radius 1 is 1.25 bits per heavy atom. The number of carbonyl (C=O) groups is 2. The Bertz CT molecular complexity index is 587. The molecule has 5 nitrogen and oxygen atoms in total. The van der Waals surface area contributed by atoms with E-state index in [1.54, 1.807) is 24.3 Å². The largest absolute Gasteiger partial charge is 0.481 e. The Hall–Kier alpha value is -2.56. The number of amides is 1. The Kier molecular flexibility index (Phi) is 4.20. The fourth-order valence-electron chi connectivity index (χ4n) is 1.88. The molecule has 0 aliphatic rings. The summed E-state index contributed by atoms with van der Waals surface area (Å²) in [6.45, 7) is 1.85. The first-order chi connectivity index (χ1) is 9.56. The summed E-state index contributed by atoms with van der Waals surface area (Å²) in [4.78, 5) is 22.4. The number of nitrogens with one attached hydrogen (secondary N) is 1. The molecule has 104 valence electrons. The summed E-state index contributed by atoms with van der Waals surface area (Å²) in [6, 6.07) is 10.3. The first-order valence-corrected chi connectivity index (χ1v) is 6.23. The number of rotatable bonds is 5. The molecule has 1 atom stereocenters. The van der Waals surface area contributed by atoms with Crippen LogP contribution in [0.15, 0.2) is 47.1 Å². The van der Waals surface area contributed by atoms with Gasteiger partial charge in [0.15, 0.2) is 5.76 Å². The van der Waals surface area contributed by atoms with Gasteiger partial charge < -0.3 is 14.8 Å². The molecule has 2 aromatic rings. The highest BCUT2D eigenvalue weighted by atomic mass is 16.4. The van der Waals surface area contributed by atoms with Crippen LogP contribution in [0.5, 0.6) is 0 Å². The maximum absolute atomic E-state index is 11.8. The van der Waals surface area contributed by atoms with E-state index >= 15 is 0 Å². The Morgan fingerprint density at radius 2 is 1.95 bits per heavy atom. The number of hydrogen-bond donors (Lipinski definition) is 2. The van der Waals surface area contributed by atoms with Gasteiger partial charge in [0.1, 0.15) is 0 Å². The van der Waals surface area contributed by atoms with Crippen molar-refractivity contribution >= 4 is 17.6 Å². The molecule has 0 bridgehead atoms. The molecule has 0 aliphatic carbocycles. The molecule has 0 radical (unpaired) electrons. The second-order valence-corrected chi connectivity index (χ2v) is 4.55. The van der Waals surface area contributed by atoms with Crippen molar-refractivity contribution in [1.29, 1.82) is 0 Å². The normalized spacial score (nSPS) is 11.8. The topological polar surface area (TPSA) is 79.5 Å². The summed E-state index contributed by atoms with van der Waals surface area (Å²) in [5.41, 5.74) is 1.56. The van der Waals surface area contributed by atoms with Crippen molar-refractivity contribution < 1.29 is 19.1 Å². The van der Waals surface area contributed by atoms with Gasteiger partial charge in [-0.1, -0.05) is 19.1 Å². The minimum absolute atomic E-state index is 0.0673. The molecule has 0 saturated carbocycles. The van der Waals surface area contributed by atoms with Gasteiger partial charge in [0.05, 0.1) is 12.7 Å². The van der Waals surface area contributed by atoms with Gasteiger partial charge in [-0.2, -0.15) is 0 Å². The maximum atomic E-state index is 11.8. The second kappa shape index (κ2) is 6.06. The van der Waals surface area contributed by atoms with Crippen LogP contribution in [0, 0.1) is 0 Å². The average molecular weight is 273 g/mol. The minimum Gasteiger partial charge on any atom is -0.481 e. The lowest BCUT2D eigenvalue weighted by Crippen LogP contribution is -2.10. The summed E-state index contributed by atoms with van der Waals surface area (Å²) < 4.78 is 5.00. The summed E-state index contributed by atoms with van der Waals surface area (Å²) in [7, 11) is 0. The molecule has 2 N–H and O–H groups in total. The molecule has 1 amide bonds. The monoisotopic (exact) mass is 273 g/mol. The van der Waals surface area contributed by atoms with Crippen LogP contribution in [0.1, 0.15) is 35.4 Å². The van der Waals surface area contributed by atoms with Crippen LogP contribution in [-0.2, 0) is 4.79 Å². The molecule has 5 heteroatoms. The summed E-state index contributed by atoms with van der Waals surface area (Å²) in [5, 5.41) is 11.5. The Balaban J connectivity index is 2.01. The maximum Gasteiger partial charge on any atom is 0.303 e. The smallest absolute Gasteiger partial charge is 0.303 e. The predicted octanol–water partition coefficient (Wildman–Crippen LogP) is 3.11. The van der Waals surface area contributed by atoms with Gasteiger partial charge >= 0.3 is 5.97 Å². The molecule has 1 unspecified atom stereocenters. The molecule has 1 heterocycles. The van der Waals surface area contributed by atoms with Crippen molar-refractivity contribution in [3.05, 3.63) is 54.0 Å². The van der Waals surface area contributed by atoms with Crippen LogP contribution in [0.25, 0.3) is 0 Å². The van der Waals surface area contributed by atoms with E-state index in [1.165, 1.54) is 6.26 Å². The number of benzene rings is 1. The molecular weight excluding hydrogens is 258 g/mol. The molecule has 0 aliphatic heterocycles. The van der Waals surface area contributed by atoms with Crippen LogP contribution in [0.4, 0.5) is 5.69 Å². The SMILES string of the molecule is CC(CC(=O)O)c1ccc(NC(=O)c2ccco2)cc1. The van der Waals surface area contributed by atoms with E-state index in [2.05, 4.69) is 5.32 Å². The molecule has 20 heavy (non-hydrogen) atoms. The second-order valence-electron chi connectivity index (χ2n) is 4.55. The van der Waals surface area contributed by atoms with Gasteiger partial charge in [-0.3, -0.25) is 9.59 Å². The van der Waals surface area contributed by atoms with Gasteiger partial charge in [0.2, 0.25) is 0 Å². The zero-order valence-electron chi connectivity index (χ0n) is 11.0. The van der Waals surface area contributed by atoms with Gasteiger partial charge in [0.25, 0.3) is 5.91 Å². The van der Waals surface area contributed by atoms with Crippen LogP contribution in [0.3, 0.4) is 0 Å². The van der Waals surface area contributed by atoms with Crippen LogP contribution in [-0.4, -0.2) is 17.0 Å². The summed E-state index contributed by atoms with van der Waals surface area (Å²) in [6.07, 6.45) is 1.52. The average Bonchev–Trinajstić information content (AvgIpc) is 2.92. The van der Waals surface area contributed by atoms with Gasteiger partial charge in [-0.05, 0) is 35.7 Å². The molecule has 0 fully saturated rings. The quantitative estimate of drug-likeness (QED) is 0.877. The molecule has 1 aromatic carbocycles. The number of carboxylic acid groups (broad SMARTS) is 1. The molecule has 2 rings (SSSR count). The number of carbonyl (C=O) groups excluding carboxylic acids is 1. The van der Waals surface area contributed by atoms with Crippen LogP contribution in [0.2, 0.25) is 0 Å². The van der Waals surface area contributed by atoms with E-state index in [0.717, 1.165) is 5.56 Å². The fourth-order valence-corrected chi connectivity index (χ4v) is 1.88. The lowest BCUT2D eigenvalue weighted by atomic mass is 9.98. The van der Waals surface area contributed by atoms with Crippen LogP contribution >= 0.6 is 0 Å².